The molecule has 2 heterocycles. The van der Waals surface area contributed by atoms with E-state index in [9.17, 15) is 22.8 Å². The first kappa shape index (κ1) is 25.1. The Morgan fingerprint density at radius 2 is 1.72 bits per heavy atom. The zero-order valence-corrected chi connectivity index (χ0v) is 19.9. The second kappa shape index (κ2) is 10.3. The van der Waals surface area contributed by atoms with Crippen molar-refractivity contribution in [1.29, 1.82) is 0 Å². The molecule has 36 heavy (non-hydrogen) atoms. The SMILES string of the molecule is CC(=O)N1CCN(c2cccc(Cn3nc(C(=O)Nc4ccc(OC(F)(F)F)cc4)cc3C)c2)CC1. The van der Waals surface area contributed by atoms with Crippen molar-refractivity contribution >= 4 is 23.2 Å². The summed E-state index contributed by atoms with van der Waals surface area (Å²) in [7, 11) is 0. The number of hydrogen-bond donors (Lipinski definition) is 1. The first-order chi connectivity index (χ1) is 17.1. The summed E-state index contributed by atoms with van der Waals surface area (Å²) >= 11 is 0. The van der Waals surface area contributed by atoms with Gasteiger partial charge in [-0.15, -0.1) is 13.2 Å². The van der Waals surface area contributed by atoms with Crippen LogP contribution in [0.1, 0.15) is 28.7 Å². The van der Waals surface area contributed by atoms with E-state index in [-0.39, 0.29) is 17.4 Å². The highest BCUT2D eigenvalue weighted by Gasteiger charge is 2.31. The van der Waals surface area contributed by atoms with Gasteiger partial charge in [0, 0.05) is 50.2 Å². The number of benzene rings is 2. The predicted molar refractivity (Wildman–Crippen MR) is 128 cm³/mol. The lowest BCUT2D eigenvalue weighted by Crippen LogP contribution is -2.48. The third kappa shape index (κ3) is 6.35. The van der Waals surface area contributed by atoms with Crippen LogP contribution in [0.2, 0.25) is 0 Å². The number of hydrogen-bond acceptors (Lipinski definition) is 5. The van der Waals surface area contributed by atoms with Gasteiger partial charge >= 0.3 is 6.36 Å². The van der Waals surface area contributed by atoms with E-state index in [2.05, 4.69) is 26.1 Å². The topological polar surface area (TPSA) is 79.7 Å². The molecule has 0 bridgehead atoms. The zero-order chi connectivity index (χ0) is 25.9. The van der Waals surface area contributed by atoms with Crippen molar-refractivity contribution in [2.45, 2.75) is 26.8 Å². The minimum atomic E-state index is -4.78. The summed E-state index contributed by atoms with van der Waals surface area (Å²) in [6, 6.07) is 14.6. The molecule has 0 unspecified atom stereocenters. The number of piperazine rings is 1. The number of carbonyl (C=O) groups is 2. The second-order valence-electron chi connectivity index (χ2n) is 8.52. The Morgan fingerprint density at radius 1 is 1.03 bits per heavy atom. The minimum Gasteiger partial charge on any atom is -0.406 e. The number of nitrogens with one attached hydrogen (secondary N) is 1. The van der Waals surface area contributed by atoms with E-state index < -0.39 is 12.3 Å². The molecule has 1 aromatic heterocycles. The minimum absolute atomic E-state index is 0.0879. The van der Waals surface area contributed by atoms with Crippen molar-refractivity contribution in [3.05, 3.63) is 71.5 Å². The summed E-state index contributed by atoms with van der Waals surface area (Å²) in [6.45, 7) is 6.79. The van der Waals surface area contributed by atoms with Gasteiger partial charge in [-0.1, -0.05) is 12.1 Å². The molecule has 0 aliphatic carbocycles. The molecular weight excluding hydrogens is 475 g/mol. The lowest BCUT2D eigenvalue weighted by molar-refractivity contribution is -0.274. The highest BCUT2D eigenvalue weighted by atomic mass is 19.4. The zero-order valence-electron chi connectivity index (χ0n) is 19.9. The largest absolute Gasteiger partial charge is 0.573 e. The van der Waals surface area contributed by atoms with E-state index in [0.717, 1.165) is 42.2 Å². The maximum Gasteiger partial charge on any atom is 0.573 e. The van der Waals surface area contributed by atoms with Gasteiger partial charge in [0.1, 0.15) is 5.75 Å². The standard InChI is InChI=1S/C25H26F3N5O3/c1-17-14-23(24(35)29-20-6-8-22(9-7-20)36-25(26,27)28)30-33(17)16-19-4-3-5-21(15-19)32-12-10-31(11-13-32)18(2)34/h3-9,14-15H,10-13,16H2,1-2H3,(H,29,35). The number of aryl methyl sites for hydroxylation is 1. The van der Waals surface area contributed by atoms with E-state index >= 15 is 0 Å². The molecule has 8 nitrogen and oxygen atoms in total. The maximum atomic E-state index is 12.6. The number of alkyl halides is 3. The number of carbonyl (C=O) groups excluding carboxylic acids is 2. The molecule has 2 amide bonds. The molecule has 0 spiro atoms. The summed E-state index contributed by atoms with van der Waals surface area (Å²) in [5.74, 6) is -0.757. The van der Waals surface area contributed by atoms with Crippen LogP contribution >= 0.6 is 0 Å². The maximum absolute atomic E-state index is 12.6. The summed E-state index contributed by atoms with van der Waals surface area (Å²) in [6.07, 6.45) is -4.78. The lowest BCUT2D eigenvalue weighted by atomic mass is 10.1. The normalized spacial score (nSPS) is 14.0. The Hall–Kier alpha value is -4.02. The van der Waals surface area contributed by atoms with Gasteiger partial charge in [-0.25, -0.2) is 0 Å². The number of amides is 2. The van der Waals surface area contributed by atoms with Gasteiger partial charge < -0.3 is 19.9 Å². The van der Waals surface area contributed by atoms with Crippen LogP contribution in [-0.4, -0.2) is 59.0 Å². The van der Waals surface area contributed by atoms with Crippen LogP contribution in [0.25, 0.3) is 0 Å². The average molecular weight is 502 g/mol. The Balaban J connectivity index is 1.39. The van der Waals surface area contributed by atoms with Crippen LogP contribution < -0.4 is 15.0 Å². The number of ether oxygens (including phenoxy) is 1. The summed E-state index contributed by atoms with van der Waals surface area (Å²) in [5, 5.41) is 7.04. The molecule has 1 N–H and O–H groups in total. The molecule has 190 valence electrons. The number of halogens is 3. The molecule has 1 fully saturated rings. The molecule has 0 radical (unpaired) electrons. The van der Waals surface area contributed by atoms with Crippen molar-refractivity contribution in [2.24, 2.45) is 0 Å². The molecule has 11 heteroatoms. The van der Waals surface area contributed by atoms with Gasteiger partial charge in [-0.2, -0.15) is 5.10 Å². The number of nitrogens with zero attached hydrogens (tertiary/aromatic N) is 4. The molecule has 1 saturated heterocycles. The molecule has 3 aromatic rings. The van der Waals surface area contributed by atoms with Crippen molar-refractivity contribution in [3.63, 3.8) is 0 Å². The van der Waals surface area contributed by atoms with Gasteiger partial charge in [0.05, 0.1) is 6.54 Å². The average Bonchev–Trinajstić information content (AvgIpc) is 3.20. The second-order valence-corrected chi connectivity index (χ2v) is 8.52. The van der Waals surface area contributed by atoms with Crippen molar-refractivity contribution in [1.82, 2.24) is 14.7 Å². The van der Waals surface area contributed by atoms with E-state index in [1.165, 1.54) is 12.1 Å². The van der Waals surface area contributed by atoms with Crippen molar-refractivity contribution < 1.29 is 27.5 Å². The molecule has 1 aliphatic heterocycles. The fourth-order valence-corrected chi connectivity index (χ4v) is 4.02. The Labute approximate surface area is 206 Å². The third-order valence-corrected chi connectivity index (χ3v) is 5.89. The van der Waals surface area contributed by atoms with Crippen LogP contribution in [0.3, 0.4) is 0 Å². The first-order valence-electron chi connectivity index (χ1n) is 11.4. The molecular formula is C25H26F3N5O3. The van der Waals surface area contributed by atoms with Gasteiger partial charge in [-0.05, 0) is 55.0 Å². The quantitative estimate of drug-likeness (QED) is 0.551. The highest BCUT2D eigenvalue weighted by Crippen LogP contribution is 2.24. The summed E-state index contributed by atoms with van der Waals surface area (Å²) in [5.41, 5.74) is 3.38. The van der Waals surface area contributed by atoms with E-state index in [1.807, 2.05) is 30.0 Å². The predicted octanol–water partition coefficient (Wildman–Crippen LogP) is 4.06. The van der Waals surface area contributed by atoms with Gasteiger partial charge in [0.2, 0.25) is 5.91 Å². The smallest absolute Gasteiger partial charge is 0.406 e. The molecule has 0 atom stereocenters. The lowest BCUT2D eigenvalue weighted by Gasteiger charge is -2.35. The Kier molecular flexibility index (Phi) is 7.18. The molecule has 1 aliphatic rings. The van der Waals surface area contributed by atoms with Gasteiger partial charge in [-0.3, -0.25) is 14.3 Å². The number of aromatic nitrogens is 2. The fraction of sp³-hybridized carbons (Fsp3) is 0.320. The van der Waals surface area contributed by atoms with E-state index in [1.54, 1.807) is 17.7 Å². The van der Waals surface area contributed by atoms with Gasteiger partial charge in [0.25, 0.3) is 5.91 Å². The highest BCUT2D eigenvalue weighted by molar-refractivity contribution is 6.02. The Bertz CT molecular complexity index is 1230. The van der Waals surface area contributed by atoms with Crippen LogP contribution in [0, 0.1) is 6.92 Å². The summed E-state index contributed by atoms with van der Waals surface area (Å²) < 4.78 is 42.5. The van der Waals surface area contributed by atoms with Crippen molar-refractivity contribution in [3.8, 4) is 5.75 Å². The van der Waals surface area contributed by atoms with Gasteiger partial charge in [0.15, 0.2) is 5.69 Å². The fourth-order valence-electron chi connectivity index (χ4n) is 4.02. The van der Waals surface area contributed by atoms with E-state index in [4.69, 9.17) is 0 Å². The summed E-state index contributed by atoms with van der Waals surface area (Å²) in [4.78, 5) is 28.3. The van der Waals surface area contributed by atoms with Crippen LogP contribution in [-0.2, 0) is 11.3 Å². The molecule has 0 saturated carbocycles. The third-order valence-electron chi connectivity index (χ3n) is 5.89. The first-order valence-corrected chi connectivity index (χ1v) is 11.4. The molecule has 4 rings (SSSR count). The number of anilines is 2. The molecule has 2 aromatic carbocycles. The van der Waals surface area contributed by atoms with Crippen LogP contribution in [0.15, 0.2) is 54.6 Å². The Morgan fingerprint density at radius 3 is 2.36 bits per heavy atom. The van der Waals surface area contributed by atoms with Crippen LogP contribution in [0.5, 0.6) is 5.75 Å². The van der Waals surface area contributed by atoms with Crippen molar-refractivity contribution in [2.75, 3.05) is 36.4 Å². The van der Waals surface area contributed by atoms with E-state index in [0.29, 0.717) is 25.3 Å². The monoisotopic (exact) mass is 501 g/mol. The number of rotatable bonds is 6. The van der Waals surface area contributed by atoms with Crippen LogP contribution in [0.4, 0.5) is 24.5 Å².